The number of aryl methyl sites for hydroxylation is 1. The van der Waals surface area contributed by atoms with Crippen LogP contribution in [0.25, 0.3) is 11.0 Å². The first-order valence-electron chi connectivity index (χ1n) is 6.00. The Kier molecular flexibility index (Phi) is 2.57. The average Bonchev–Trinajstić information content (AvgIpc) is 2.91. The molecule has 1 saturated carbocycles. The minimum absolute atomic E-state index is 0.568. The Bertz CT molecular complexity index is 611. The summed E-state index contributed by atoms with van der Waals surface area (Å²) in [6.45, 7) is 1.88. The molecule has 0 radical (unpaired) electrons. The van der Waals surface area contributed by atoms with Gasteiger partial charge in [0.15, 0.2) is 11.3 Å². The molecule has 0 bridgehead atoms. The molecule has 4 heteroatoms. The number of fused-ring (bicyclic) bond motifs is 1. The Morgan fingerprint density at radius 1 is 1.44 bits per heavy atom. The molecule has 0 saturated heterocycles. The number of furan rings is 1. The van der Waals surface area contributed by atoms with Crippen LogP contribution >= 0.6 is 11.6 Å². The van der Waals surface area contributed by atoms with Crippen LogP contribution in [-0.4, -0.2) is 17.8 Å². The summed E-state index contributed by atoms with van der Waals surface area (Å²) >= 11 is 6.39. The minimum Gasteiger partial charge on any atom is -0.493 e. The second-order valence-corrected chi connectivity index (χ2v) is 5.43. The Morgan fingerprint density at radius 3 is 2.78 bits per heavy atom. The maximum Gasteiger partial charge on any atom is 0.177 e. The van der Waals surface area contributed by atoms with Gasteiger partial charge in [0.05, 0.1) is 17.7 Å². The molecule has 18 heavy (non-hydrogen) atoms. The van der Waals surface area contributed by atoms with Gasteiger partial charge in [0.25, 0.3) is 0 Å². The van der Waals surface area contributed by atoms with E-state index in [4.69, 9.17) is 20.8 Å². The van der Waals surface area contributed by atoms with Gasteiger partial charge in [0.2, 0.25) is 0 Å². The zero-order chi connectivity index (χ0) is 12.9. The highest BCUT2D eigenvalue weighted by atomic mass is 35.5. The molecule has 0 atom stereocenters. The maximum absolute atomic E-state index is 10.0. The first-order valence-corrected chi connectivity index (χ1v) is 6.38. The summed E-state index contributed by atoms with van der Waals surface area (Å²) in [6.07, 6.45) is 2.25. The van der Waals surface area contributed by atoms with Crippen LogP contribution in [0.15, 0.2) is 16.5 Å². The molecule has 0 aliphatic heterocycles. The van der Waals surface area contributed by atoms with Gasteiger partial charge >= 0.3 is 0 Å². The molecule has 96 valence electrons. The van der Waals surface area contributed by atoms with Crippen LogP contribution in [0.1, 0.15) is 24.2 Å². The van der Waals surface area contributed by atoms with Crippen molar-refractivity contribution >= 4 is 22.6 Å². The summed E-state index contributed by atoms with van der Waals surface area (Å²) in [7, 11) is 1.61. The number of benzene rings is 1. The molecule has 3 rings (SSSR count). The van der Waals surface area contributed by atoms with Crippen LogP contribution in [0.4, 0.5) is 0 Å². The molecular formula is C14H15ClO3. The minimum atomic E-state index is -0.568. The highest BCUT2D eigenvalue weighted by molar-refractivity contribution is 6.36. The van der Waals surface area contributed by atoms with Crippen molar-refractivity contribution in [2.75, 3.05) is 7.11 Å². The van der Waals surface area contributed by atoms with Gasteiger partial charge in [-0.05, 0) is 37.5 Å². The van der Waals surface area contributed by atoms with E-state index in [1.165, 1.54) is 0 Å². The van der Waals surface area contributed by atoms with E-state index in [2.05, 4.69) is 0 Å². The second kappa shape index (κ2) is 3.90. The van der Waals surface area contributed by atoms with Crippen LogP contribution in [0.3, 0.4) is 0 Å². The van der Waals surface area contributed by atoms with E-state index in [1.54, 1.807) is 7.11 Å². The first kappa shape index (κ1) is 11.9. The van der Waals surface area contributed by atoms with Gasteiger partial charge in [-0.1, -0.05) is 11.6 Å². The van der Waals surface area contributed by atoms with E-state index in [0.717, 1.165) is 29.6 Å². The van der Waals surface area contributed by atoms with E-state index >= 15 is 0 Å². The summed E-state index contributed by atoms with van der Waals surface area (Å²) in [4.78, 5) is 0. The fourth-order valence-corrected chi connectivity index (χ4v) is 2.54. The number of hydrogen-bond donors (Lipinski definition) is 1. The molecule has 0 spiro atoms. The van der Waals surface area contributed by atoms with Crippen molar-refractivity contribution in [2.45, 2.75) is 31.8 Å². The molecule has 1 aliphatic rings. The van der Waals surface area contributed by atoms with Gasteiger partial charge in [-0.3, -0.25) is 0 Å². The molecule has 0 amide bonds. The number of rotatable bonds is 3. The Labute approximate surface area is 110 Å². The molecule has 1 heterocycles. The van der Waals surface area contributed by atoms with Crippen molar-refractivity contribution < 1.29 is 14.3 Å². The number of methoxy groups -OCH3 is 1. The Hall–Kier alpha value is -1.19. The first-order chi connectivity index (χ1) is 8.52. The van der Waals surface area contributed by atoms with E-state index in [9.17, 15) is 5.11 Å². The third-order valence-electron chi connectivity index (χ3n) is 3.47. The normalized spacial score (nSPS) is 17.1. The van der Waals surface area contributed by atoms with Crippen molar-refractivity contribution in [3.8, 4) is 5.75 Å². The lowest BCUT2D eigenvalue weighted by molar-refractivity contribution is 0.151. The van der Waals surface area contributed by atoms with Crippen LogP contribution < -0.4 is 4.74 Å². The lowest BCUT2D eigenvalue weighted by Gasteiger charge is -2.12. The Morgan fingerprint density at radius 2 is 2.17 bits per heavy atom. The predicted octanol–water partition coefficient (Wildman–Crippen LogP) is 3.47. The largest absolute Gasteiger partial charge is 0.493 e. The van der Waals surface area contributed by atoms with Crippen molar-refractivity contribution in [3.63, 3.8) is 0 Å². The van der Waals surface area contributed by atoms with Gasteiger partial charge in [0.1, 0.15) is 5.76 Å². The van der Waals surface area contributed by atoms with Crippen molar-refractivity contribution in [1.82, 2.24) is 0 Å². The summed E-state index contributed by atoms with van der Waals surface area (Å²) < 4.78 is 10.9. The summed E-state index contributed by atoms with van der Waals surface area (Å²) in [5.41, 5.74) is 1.02. The van der Waals surface area contributed by atoms with Crippen molar-refractivity contribution in [2.24, 2.45) is 0 Å². The molecular weight excluding hydrogens is 252 g/mol. The van der Waals surface area contributed by atoms with Crippen LogP contribution in [0.5, 0.6) is 5.75 Å². The fourth-order valence-electron chi connectivity index (χ4n) is 2.28. The van der Waals surface area contributed by atoms with Gasteiger partial charge in [0, 0.05) is 11.8 Å². The van der Waals surface area contributed by atoms with E-state index in [1.807, 2.05) is 19.1 Å². The Balaban J connectivity index is 2.16. The average molecular weight is 267 g/mol. The van der Waals surface area contributed by atoms with Crippen molar-refractivity contribution in [1.29, 1.82) is 0 Å². The summed E-state index contributed by atoms with van der Waals surface area (Å²) in [5.74, 6) is 1.47. The van der Waals surface area contributed by atoms with Crippen LogP contribution in [-0.2, 0) is 6.42 Å². The molecule has 1 fully saturated rings. The molecule has 1 N–H and O–H groups in total. The predicted molar refractivity (Wildman–Crippen MR) is 70.4 cm³/mol. The van der Waals surface area contributed by atoms with E-state index in [0.29, 0.717) is 22.8 Å². The number of aliphatic hydroxyl groups is 1. The summed E-state index contributed by atoms with van der Waals surface area (Å²) in [5, 5.41) is 11.5. The van der Waals surface area contributed by atoms with Crippen molar-refractivity contribution in [3.05, 3.63) is 28.5 Å². The number of ether oxygens (including phenoxy) is 1. The highest BCUT2D eigenvalue weighted by Gasteiger charge is 2.41. The molecule has 3 nitrogen and oxygen atoms in total. The van der Waals surface area contributed by atoms with Gasteiger partial charge in [-0.25, -0.2) is 0 Å². The SMILES string of the molecule is COc1cc(CC2(O)CC2)c(Cl)c2cc(C)oc12. The third-order valence-corrected chi connectivity index (χ3v) is 3.92. The van der Waals surface area contributed by atoms with E-state index in [-0.39, 0.29) is 0 Å². The van der Waals surface area contributed by atoms with Crippen LogP contribution in [0, 0.1) is 6.92 Å². The molecule has 2 aromatic rings. The van der Waals surface area contributed by atoms with Crippen LogP contribution in [0.2, 0.25) is 5.02 Å². The molecule has 1 aromatic carbocycles. The second-order valence-electron chi connectivity index (χ2n) is 5.05. The van der Waals surface area contributed by atoms with Gasteiger partial charge < -0.3 is 14.3 Å². The molecule has 1 aromatic heterocycles. The topological polar surface area (TPSA) is 42.6 Å². The van der Waals surface area contributed by atoms with Gasteiger partial charge in [-0.15, -0.1) is 0 Å². The molecule has 0 unspecified atom stereocenters. The molecule has 1 aliphatic carbocycles. The number of hydrogen-bond acceptors (Lipinski definition) is 3. The fraction of sp³-hybridized carbons (Fsp3) is 0.429. The monoisotopic (exact) mass is 266 g/mol. The maximum atomic E-state index is 10.0. The zero-order valence-electron chi connectivity index (χ0n) is 10.4. The smallest absolute Gasteiger partial charge is 0.177 e. The third kappa shape index (κ3) is 1.88. The van der Waals surface area contributed by atoms with Gasteiger partial charge in [-0.2, -0.15) is 0 Å². The van der Waals surface area contributed by atoms with E-state index < -0.39 is 5.60 Å². The lowest BCUT2D eigenvalue weighted by Crippen LogP contribution is -2.11. The zero-order valence-corrected chi connectivity index (χ0v) is 11.2. The quantitative estimate of drug-likeness (QED) is 0.925. The standard InChI is InChI=1S/C14H15ClO3/c1-8-5-10-12(15)9(7-14(16)3-4-14)6-11(17-2)13(10)18-8/h5-6,16H,3-4,7H2,1-2H3. The number of halogens is 1. The lowest BCUT2D eigenvalue weighted by atomic mass is 10.0. The highest BCUT2D eigenvalue weighted by Crippen LogP contribution is 2.43. The summed E-state index contributed by atoms with van der Waals surface area (Å²) in [6, 6.07) is 3.77.